The summed E-state index contributed by atoms with van der Waals surface area (Å²) in [5.74, 6) is -1.31. The van der Waals surface area contributed by atoms with Gasteiger partial charge in [-0.05, 0) is 49.4 Å². The largest absolute Gasteiger partial charge is 0.449 e. The minimum atomic E-state index is -3.71. The first kappa shape index (κ1) is 22.9. The molecule has 0 spiro atoms. The number of carbonyl (C=O) groups is 2. The van der Waals surface area contributed by atoms with Crippen LogP contribution >= 0.6 is 11.6 Å². The van der Waals surface area contributed by atoms with Gasteiger partial charge in [-0.25, -0.2) is 13.2 Å². The average molecular weight is 439 g/mol. The summed E-state index contributed by atoms with van der Waals surface area (Å²) >= 11 is 5.80. The van der Waals surface area contributed by atoms with Crippen LogP contribution in [0.2, 0.25) is 5.02 Å². The van der Waals surface area contributed by atoms with Crippen molar-refractivity contribution >= 4 is 39.2 Å². The monoisotopic (exact) mass is 438 g/mol. The molecule has 0 aliphatic rings. The van der Waals surface area contributed by atoms with Gasteiger partial charge in [0.15, 0.2) is 6.10 Å². The lowest BCUT2D eigenvalue weighted by Crippen LogP contribution is -2.31. The first-order chi connectivity index (χ1) is 13.7. The molecule has 1 N–H and O–H groups in total. The van der Waals surface area contributed by atoms with Crippen LogP contribution in [-0.2, 0) is 19.6 Å². The van der Waals surface area contributed by atoms with Crippen molar-refractivity contribution in [2.24, 2.45) is 0 Å². The Kier molecular flexibility index (Phi) is 7.78. The predicted octanol–water partition coefficient (Wildman–Crippen LogP) is 3.55. The molecule has 0 saturated heterocycles. The Balaban J connectivity index is 2.10. The number of esters is 1. The van der Waals surface area contributed by atoms with Crippen molar-refractivity contribution in [2.45, 2.75) is 31.8 Å². The fourth-order valence-electron chi connectivity index (χ4n) is 2.56. The smallest absolute Gasteiger partial charge is 0.338 e. The Morgan fingerprint density at radius 2 is 1.72 bits per heavy atom. The fraction of sp³-hybridized carbons (Fsp3) is 0.300. The summed E-state index contributed by atoms with van der Waals surface area (Å²) < 4.78 is 31.7. The van der Waals surface area contributed by atoms with E-state index in [9.17, 15) is 18.0 Å². The molecular weight excluding hydrogens is 416 g/mol. The number of nitrogens with one attached hydrogen (secondary N) is 1. The molecule has 156 valence electrons. The Morgan fingerprint density at radius 3 is 2.31 bits per heavy atom. The van der Waals surface area contributed by atoms with Crippen LogP contribution in [0.4, 0.5) is 5.69 Å². The van der Waals surface area contributed by atoms with Crippen molar-refractivity contribution in [1.82, 2.24) is 4.31 Å². The molecule has 2 aromatic rings. The molecule has 0 saturated carbocycles. The number of nitrogens with zero attached hydrogens (tertiary/aromatic N) is 1. The van der Waals surface area contributed by atoms with Gasteiger partial charge in [-0.15, -0.1) is 0 Å². The number of ether oxygens (including phenoxy) is 1. The number of hydrogen-bond acceptors (Lipinski definition) is 5. The van der Waals surface area contributed by atoms with Gasteiger partial charge in [-0.3, -0.25) is 4.79 Å². The van der Waals surface area contributed by atoms with Crippen molar-refractivity contribution in [3.8, 4) is 0 Å². The molecule has 0 aliphatic heterocycles. The van der Waals surface area contributed by atoms with E-state index in [1.807, 2.05) is 0 Å². The van der Waals surface area contributed by atoms with Gasteiger partial charge in [0.2, 0.25) is 10.0 Å². The molecule has 0 fully saturated rings. The maximum atomic E-state index is 12.6. The number of rotatable bonds is 8. The van der Waals surface area contributed by atoms with Crippen LogP contribution in [0.5, 0.6) is 0 Å². The van der Waals surface area contributed by atoms with Crippen molar-refractivity contribution < 1.29 is 22.7 Å². The molecule has 0 aliphatic carbocycles. The summed E-state index contributed by atoms with van der Waals surface area (Å²) in [5.41, 5.74) is 0.555. The topological polar surface area (TPSA) is 92.8 Å². The zero-order valence-corrected chi connectivity index (χ0v) is 18.0. The SMILES string of the molecule is CCN(CC)S(=O)(=O)c1cccc(C(=O)O[C@@H](C)C(=O)Nc2ccc(Cl)cc2)c1. The Bertz CT molecular complexity index is 973. The molecule has 9 heteroatoms. The molecule has 29 heavy (non-hydrogen) atoms. The first-order valence-corrected chi connectivity index (χ1v) is 10.9. The maximum absolute atomic E-state index is 12.6. The molecule has 0 bridgehead atoms. The molecule has 0 heterocycles. The number of amides is 1. The lowest BCUT2D eigenvalue weighted by atomic mass is 10.2. The van der Waals surface area contributed by atoms with Crippen LogP contribution in [0.15, 0.2) is 53.4 Å². The summed E-state index contributed by atoms with van der Waals surface area (Å²) in [6, 6.07) is 12.1. The fourth-order valence-corrected chi connectivity index (χ4v) is 4.19. The second-order valence-electron chi connectivity index (χ2n) is 6.16. The number of carbonyl (C=O) groups excluding carboxylic acids is 2. The van der Waals surface area contributed by atoms with Crippen LogP contribution in [-0.4, -0.2) is 43.8 Å². The molecule has 7 nitrogen and oxygen atoms in total. The molecule has 0 unspecified atom stereocenters. The third-order valence-electron chi connectivity index (χ3n) is 4.18. The van der Waals surface area contributed by atoms with E-state index < -0.39 is 28.0 Å². The minimum absolute atomic E-state index is 0.00563. The number of hydrogen-bond donors (Lipinski definition) is 1. The van der Waals surface area contributed by atoms with Crippen molar-refractivity contribution in [1.29, 1.82) is 0 Å². The van der Waals surface area contributed by atoms with E-state index in [0.717, 1.165) is 0 Å². The van der Waals surface area contributed by atoms with Crippen molar-refractivity contribution in [2.75, 3.05) is 18.4 Å². The van der Waals surface area contributed by atoms with Gasteiger partial charge in [-0.2, -0.15) is 4.31 Å². The highest BCUT2D eigenvalue weighted by atomic mass is 35.5. The van der Waals surface area contributed by atoms with Gasteiger partial charge in [0, 0.05) is 23.8 Å². The first-order valence-electron chi connectivity index (χ1n) is 9.06. The van der Waals surface area contributed by atoms with Gasteiger partial charge < -0.3 is 10.1 Å². The van der Waals surface area contributed by atoms with Crippen molar-refractivity contribution in [3.63, 3.8) is 0 Å². The van der Waals surface area contributed by atoms with Gasteiger partial charge in [0.25, 0.3) is 5.91 Å². The highest BCUT2D eigenvalue weighted by Gasteiger charge is 2.24. The van der Waals surface area contributed by atoms with Crippen molar-refractivity contribution in [3.05, 3.63) is 59.1 Å². The highest BCUT2D eigenvalue weighted by Crippen LogP contribution is 2.18. The van der Waals surface area contributed by atoms with E-state index in [0.29, 0.717) is 23.8 Å². The minimum Gasteiger partial charge on any atom is -0.449 e. The average Bonchev–Trinajstić information content (AvgIpc) is 2.70. The lowest BCUT2D eigenvalue weighted by molar-refractivity contribution is -0.123. The quantitative estimate of drug-likeness (QED) is 0.636. The number of halogens is 1. The van der Waals surface area contributed by atoms with Gasteiger partial charge >= 0.3 is 5.97 Å². The van der Waals surface area contributed by atoms with E-state index in [4.69, 9.17) is 16.3 Å². The predicted molar refractivity (Wildman–Crippen MR) is 112 cm³/mol. The highest BCUT2D eigenvalue weighted by molar-refractivity contribution is 7.89. The summed E-state index contributed by atoms with van der Waals surface area (Å²) in [4.78, 5) is 24.6. The molecule has 1 amide bonds. The normalized spacial score (nSPS) is 12.4. The zero-order valence-electron chi connectivity index (χ0n) is 16.4. The van der Waals surface area contributed by atoms with Crippen LogP contribution in [0, 0.1) is 0 Å². The van der Waals surface area contributed by atoms with Gasteiger partial charge in [0.05, 0.1) is 10.5 Å². The Hall–Kier alpha value is -2.42. The van der Waals surface area contributed by atoms with E-state index >= 15 is 0 Å². The van der Waals surface area contributed by atoms with Crippen LogP contribution in [0.25, 0.3) is 0 Å². The van der Waals surface area contributed by atoms with E-state index in [1.165, 1.54) is 35.5 Å². The summed E-state index contributed by atoms with van der Waals surface area (Å²) in [7, 11) is -3.71. The number of sulfonamides is 1. The molecule has 2 rings (SSSR count). The molecule has 0 aromatic heterocycles. The molecule has 2 aromatic carbocycles. The van der Waals surface area contributed by atoms with E-state index in [1.54, 1.807) is 38.1 Å². The molecule has 1 atom stereocenters. The molecular formula is C20H23ClN2O5S. The van der Waals surface area contributed by atoms with Gasteiger partial charge in [-0.1, -0.05) is 31.5 Å². The number of anilines is 1. The second-order valence-corrected chi connectivity index (χ2v) is 8.54. The zero-order chi connectivity index (χ0) is 21.6. The maximum Gasteiger partial charge on any atom is 0.338 e. The number of benzene rings is 2. The summed E-state index contributed by atoms with van der Waals surface area (Å²) in [6.07, 6.45) is -1.08. The van der Waals surface area contributed by atoms with Gasteiger partial charge in [0.1, 0.15) is 0 Å². The van der Waals surface area contributed by atoms with Crippen LogP contribution in [0.1, 0.15) is 31.1 Å². The third-order valence-corrected chi connectivity index (χ3v) is 6.48. The van der Waals surface area contributed by atoms with E-state index in [2.05, 4.69) is 5.32 Å². The Labute approximate surface area is 175 Å². The van der Waals surface area contributed by atoms with Crippen LogP contribution in [0.3, 0.4) is 0 Å². The third kappa shape index (κ3) is 5.79. The summed E-state index contributed by atoms with van der Waals surface area (Å²) in [6.45, 7) is 5.53. The Morgan fingerprint density at radius 1 is 1.10 bits per heavy atom. The lowest BCUT2D eigenvalue weighted by Gasteiger charge is -2.19. The summed E-state index contributed by atoms with van der Waals surface area (Å²) in [5, 5.41) is 3.14. The van der Waals surface area contributed by atoms with Crippen LogP contribution < -0.4 is 5.32 Å². The molecule has 0 radical (unpaired) electrons. The standard InChI is InChI=1S/C20H23ClN2O5S/c1-4-23(5-2)29(26,27)18-8-6-7-15(13-18)20(25)28-14(3)19(24)22-17-11-9-16(21)10-12-17/h6-14H,4-5H2,1-3H3,(H,22,24)/t14-/m0/s1. The van der Waals surface area contributed by atoms with E-state index in [-0.39, 0.29) is 10.5 Å². The second kappa shape index (κ2) is 9.87.